The van der Waals surface area contributed by atoms with Crippen molar-refractivity contribution in [3.63, 3.8) is 0 Å². The third kappa shape index (κ3) is 4.06. The lowest BCUT2D eigenvalue weighted by molar-refractivity contribution is 0.364. The van der Waals surface area contributed by atoms with E-state index in [2.05, 4.69) is 27.4 Å². The number of anilines is 2. The van der Waals surface area contributed by atoms with Gasteiger partial charge in [-0.3, -0.25) is 0 Å². The summed E-state index contributed by atoms with van der Waals surface area (Å²) in [5, 5.41) is 11.3. The summed E-state index contributed by atoms with van der Waals surface area (Å²) in [6.07, 6.45) is 3.12. The van der Waals surface area contributed by atoms with Crippen molar-refractivity contribution >= 4 is 11.8 Å². The van der Waals surface area contributed by atoms with Crippen molar-refractivity contribution in [3.05, 3.63) is 42.3 Å². The maximum absolute atomic E-state index is 14.6. The lowest BCUT2D eigenvalue weighted by Crippen LogP contribution is -2.22. The SMILES string of the molecule is CCCCNc1nnc(-c2c(-c3ccccc3F)ccnc2N2CC[C@H](F)C2)o1. The lowest BCUT2D eigenvalue weighted by atomic mass is 10.00. The van der Waals surface area contributed by atoms with Gasteiger partial charge in [0, 0.05) is 30.4 Å². The van der Waals surface area contributed by atoms with Gasteiger partial charge < -0.3 is 14.6 Å². The number of benzene rings is 1. The molecule has 152 valence electrons. The van der Waals surface area contributed by atoms with Crippen molar-refractivity contribution in [2.45, 2.75) is 32.4 Å². The van der Waals surface area contributed by atoms with Gasteiger partial charge in [0.1, 0.15) is 17.8 Å². The Morgan fingerprint density at radius 1 is 1.21 bits per heavy atom. The van der Waals surface area contributed by atoms with Crippen molar-refractivity contribution in [1.82, 2.24) is 15.2 Å². The van der Waals surface area contributed by atoms with Gasteiger partial charge in [0.05, 0.1) is 12.1 Å². The molecule has 1 fully saturated rings. The molecule has 2 aromatic heterocycles. The Morgan fingerprint density at radius 2 is 2.07 bits per heavy atom. The van der Waals surface area contributed by atoms with E-state index in [0.29, 0.717) is 48.0 Å². The van der Waals surface area contributed by atoms with Crippen molar-refractivity contribution in [1.29, 1.82) is 0 Å². The highest BCUT2D eigenvalue weighted by molar-refractivity contribution is 5.87. The monoisotopic (exact) mass is 399 g/mol. The predicted octanol–water partition coefficient (Wildman–Crippen LogP) is 4.70. The van der Waals surface area contributed by atoms with Crippen LogP contribution in [0.5, 0.6) is 0 Å². The van der Waals surface area contributed by atoms with Gasteiger partial charge in [-0.2, -0.15) is 0 Å². The van der Waals surface area contributed by atoms with E-state index in [-0.39, 0.29) is 18.3 Å². The Morgan fingerprint density at radius 3 is 2.83 bits per heavy atom. The number of aromatic nitrogens is 3. The summed E-state index contributed by atoms with van der Waals surface area (Å²) in [5.74, 6) is 0.388. The zero-order valence-corrected chi connectivity index (χ0v) is 16.2. The van der Waals surface area contributed by atoms with Gasteiger partial charge in [-0.25, -0.2) is 13.8 Å². The molecule has 1 saturated heterocycles. The van der Waals surface area contributed by atoms with Crippen LogP contribution in [-0.2, 0) is 0 Å². The molecule has 1 aliphatic heterocycles. The van der Waals surface area contributed by atoms with Gasteiger partial charge in [0.2, 0.25) is 0 Å². The first-order valence-corrected chi connectivity index (χ1v) is 9.88. The van der Waals surface area contributed by atoms with Crippen LogP contribution in [0.4, 0.5) is 20.6 Å². The maximum atomic E-state index is 14.6. The van der Waals surface area contributed by atoms with E-state index in [1.165, 1.54) is 6.07 Å². The van der Waals surface area contributed by atoms with Crippen LogP contribution in [-0.4, -0.2) is 41.0 Å². The van der Waals surface area contributed by atoms with E-state index < -0.39 is 6.17 Å². The van der Waals surface area contributed by atoms with Crippen LogP contribution in [0.1, 0.15) is 26.2 Å². The zero-order valence-electron chi connectivity index (χ0n) is 16.2. The Balaban J connectivity index is 1.80. The first kappa shape index (κ1) is 19.3. The van der Waals surface area contributed by atoms with E-state index in [9.17, 15) is 8.78 Å². The van der Waals surface area contributed by atoms with Gasteiger partial charge in [0.15, 0.2) is 0 Å². The first-order valence-electron chi connectivity index (χ1n) is 9.88. The number of rotatable bonds is 7. The maximum Gasteiger partial charge on any atom is 0.315 e. The molecule has 0 radical (unpaired) electrons. The molecule has 29 heavy (non-hydrogen) atoms. The third-order valence-corrected chi connectivity index (χ3v) is 4.97. The average molecular weight is 399 g/mol. The predicted molar refractivity (Wildman–Crippen MR) is 108 cm³/mol. The highest BCUT2D eigenvalue weighted by Crippen LogP contribution is 2.40. The first-order chi connectivity index (χ1) is 14.2. The summed E-state index contributed by atoms with van der Waals surface area (Å²) in [4.78, 5) is 6.31. The van der Waals surface area contributed by atoms with Crippen molar-refractivity contribution < 1.29 is 13.2 Å². The number of hydrogen-bond acceptors (Lipinski definition) is 6. The van der Waals surface area contributed by atoms with Gasteiger partial charge in [0.25, 0.3) is 5.89 Å². The fraction of sp³-hybridized carbons (Fsp3) is 0.381. The second kappa shape index (κ2) is 8.55. The van der Waals surface area contributed by atoms with Crippen LogP contribution < -0.4 is 10.2 Å². The molecule has 0 bridgehead atoms. The van der Waals surface area contributed by atoms with E-state index in [0.717, 1.165) is 12.8 Å². The average Bonchev–Trinajstić information content (AvgIpc) is 3.37. The van der Waals surface area contributed by atoms with Crippen LogP contribution in [0.25, 0.3) is 22.6 Å². The Bertz CT molecular complexity index is 977. The highest BCUT2D eigenvalue weighted by Gasteiger charge is 2.29. The van der Waals surface area contributed by atoms with Crippen LogP contribution in [0.2, 0.25) is 0 Å². The molecule has 0 aliphatic carbocycles. The fourth-order valence-electron chi connectivity index (χ4n) is 3.48. The second-order valence-corrected chi connectivity index (χ2v) is 7.06. The number of pyridine rings is 1. The standard InChI is InChI=1S/C21H23F2N5O/c1-2-3-10-25-21-27-26-20(29-21)18-16(15-6-4-5-7-17(15)23)8-11-24-19(18)28-12-9-14(22)13-28/h4-8,11,14H,2-3,9-10,12-13H2,1H3,(H,25,27)/t14-/m0/s1. The van der Waals surface area contributed by atoms with Gasteiger partial charge in [-0.1, -0.05) is 36.6 Å². The molecule has 0 unspecified atom stereocenters. The fourth-order valence-corrected chi connectivity index (χ4v) is 3.48. The number of halogens is 2. The molecular formula is C21H23F2N5O. The Kier molecular flexibility index (Phi) is 5.69. The molecule has 8 heteroatoms. The molecule has 4 rings (SSSR count). The molecular weight excluding hydrogens is 376 g/mol. The van der Waals surface area contributed by atoms with Crippen LogP contribution >= 0.6 is 0 Å². The number of nitrogens with one attached hydrogen (secondary N) is 1. The summed E-state index contributed by atoms with van der Waals surface area (Å²) in [6.45, 7) is 3.57. The van der Waals surface area contributed by atoms with Crippen molar-refractivity contribution in [3.8, 4) is 22.6 Å². The molecule has 0 saturated carbocycles. The van der Waals surface area contributed by atoms with E-state index in [1.54, 1.807) is 30.5 Å². The second-order valence-electron chi connectivity index (χ2n) is 7.06. The number of alkyl halides is 1. The Labute approximate surface area is 168 Å². The molecule has 6 nitrogen and oxygen atoms in total. The number of unbranched alkanes of at least 4 members (excludes halogenated alkanes) is 1. The van der Waals surface area contributed by atoms with Gasteiger partial charge >= 0.3 is 6.01 Å². The van der Waals surface area contributed by atoms with E-state index in [4.69, 9.17) is 4.42 Å². The van der Waals surface area contributed by atoms with E-state index >= 15 is 0 Å². The normalized spacial score (nSPS) is 16.4. The summed E-state index contributed by atoms with van der Waals surface area (Å²) in [6, 6.07) is 8.51. The summed E-state index contributed by atoms with van der Waals surface area (Å²) in [7, 11) is 0. The van der Waals surface area contributed by atoms with Crippen molar-refractivity contribution in [2.24, 2.45) is 0 Å². The molecule has 3 aromatic rings. The van der Waals surface area contributed by atoms with Crippen LogP contribution in [0.15, 0.2) is 40.9 Å². The summed E-state index contributed by atoms with van der Waals surface area (Å²) < 4.78 is 34.3. The quantitative estimate of drug-likeness (QED) is 0.581. The summed E-state index contributed by atoms with van der Waals surface area (Å²) in [5.41, 5.74) is 1.50. The summed E-state index contributed by atoms with van der Waals surface area (Å²) >= 11 is 0. The van der Waals surface area contributed by atoms with Crippen LogP contribution in [0.3, 0.4) is 0 Å². The van der Waals surface area contributed by atoms with Crippen LogP contribution in [0, 0.1) is 5.82 Å². The smallest absolute Gasteiger partial charge is 0.315 e. The molecule has 1 aliphatic rings. The van der Waals surface area contributed by atoms with E-state index in [1.807, 2.05) is 4.90 Å². The molecule has 1 atom stereocenters. The highest BCUT2D eigenvalue weighted by atomic mass is 19.1. The zero-order chi connectivity index (χ0) is 20.2. The Hall–Kier alpha value is -3.03. The molecule has 0 spiro atoms. The number of hydrogen-bond donors (Lipinski definition) is 1. The van der Waals surface area contributed by atoms with Gasteiger partial charge in [-0.15, -0.1) is 5.10 Å². The minimum atomic E-state index is -0.921. The van der Waals surface area contributed by atoms with Crippen molar-refractivity contribution in [2.75, 3.05) is 29.9 Å². The third-order valence-electron chi connectivity index (χ3n) is 4.97. The van der Waals surface area contributed by atoms with Gasteiger partial charge in [-0.05, 0) is 25.0 Å². The minimum Gasteiger partial charge on any atom is -0.403 e. The topological polar surface area (TPSA) is 67.1 Å². The molecule has 1 aromatic carbocycles. The number of nitrogens with zero attached hydrogens (tertiary/aromatic N) is 4. The molecule has 3 heterocycles. The molecule has 0 amide bonds. The lowest BCUT2D eigenvalue weighted by Gasteiger charge is -2.20. The largest absolute Gasteiger partial charge is 0.403 e. The minimum absolute atomic E-state index is 0.229. The molecule has 1 N–H and O–H groups in total.